The molecule has 0 radical (unpaired) electrons. The molecular formula is C20H32N2O2. The fraction of sp³-hybridized carbons (Fsp3) is 0.650. The summed E-state index contributed by atoms with van der Waals surface area (Å²) in [5.41, 5.74) is 2.90. The number of hydrogen-bond donors (Lipinski definition) is 1. The molecule has 1 aromatic rings. The number of amides is 1. The van der Waals surface area contributed by atoms with Crippen molar-refractivity contribution in [1.29, 1.82) is 0 Å². The first-order valence-corrected chi connectivity index (χ1v) is 8.96. The van der Waals surface area contributed by atoms with Crippen LogP contribution in [0.3, 0.4) is 0 Å². The highest BCUT2D eigenvalue weighted by Crippen LogP contribution is 2.35. The van der Waals surface area contributed by atoms with Crippen LogP contribution in [0.15, 0.2) is 24.3 Å². The number of nitrogens with zero attached hydrogens (tertiary/aromatic N) is 1. The van der Waals surface area contributed by atoms with E-state index in [0.29, 0.717) is 19.1 Å². The zero-order valence-corrected chi connectivity index (χ0v) is 15.6. The van der Waals surface area contributed by atoms with Crippen molar-refractivity contribution in [2.24, 2.45) is 0 Å². The monoisotopic (exact) mass is 332 g/mol. The van der Waals surface area contributed by atoms with Crippen LogP contribution in [0.2, 0.25) is 0 Å². The number of nitrogens with one attached hydrogen (secondary N) is 1. The van der Waals surface area contributed by atoms with Crippen LogP contribution in [0.25, 0.3) is 0 Å². The van der Waals surface area contributed by atoms with Crippen LogP contribution in [0, 0.1) is 6.92 Å². The highest BCUT2D eigenvalue weighted by Gasteiger charge is 2.37. The van der Waals surface area contributed by atoms with Gasteiger partial charge in [-0.1, -0.05) is 29.8 Å². The first-order valence-electron chi connectivity index (χ1n) is 8.96. The predicted molar refractivity (Wildman–Crippen MR) is 98.2 cm³/mol. The summed E-state index contributed by atoms with van der Waals surface area (Å²) in [6.07, 6.45) is 5.84. The van der Waals surface area contributed by atoms with Crippen molar-refractivity contribution in [3.05, 3.63) is 35.4 Å². The van der Waals surface area contributed by atoms with E-state index < -0.39 is 0 Å². The van der Waals surface area contributed by atoms with Gasteiger partial charge in [0.1, 0.15) is 0 Å². The number of carbonyl (C=O) groups excluding carboxylic acids is 1. The third kappa shape index (κ3) is 5.05. The van der Waals surface area contributed by atoms with Crippen molar-refractivity contribution in [2.45, 2.75) is 57.0 Å². The first kappa shape index (κ1) is 18.9. The van der Waals surface area contributed by atoms with E-state index >= 15 is 0 Å². The van der Waals surface area contributed by atoms with E-state index in [0.717, 1.165) is 32.1 Å². The lowest BCUT2D eigenvalue weighted by Gasteiger charge is -2.45. The van der Waals surface area contributed by atoms with Crippen molar-refractivity contribution in [3.8, 4) is 0 Å². The van der Waals surface area contributed by atoms with Gasteiger partial charge in [0.15, 0.2) is 0 Å². The second-order valence-electron chi connectivity index (χ2n) is 7.37. The Balaban J connectivity index is 1.93. The minimum atomic E-state index is 0.109. The molecule has 0 unspecified atom stereocenters. The van der Waals surface area contributed by atoms with E-state index in [1.165, 1.54) is 11.1 Å². The largest absolute Gasteiger partial charge is 0.384 e. The number of rotatable bonds is 7. The molecule has 0 saturated heterocycles. The lowest BCUT2D eigenvalue weighted by Crippen LogP contribution is -2.52. The third-order valence-electron chi connectivity index (χ3n) is 5.42. The molecule has 0 spiro atoms. The molecule has 24 heavy (non-hydrogen) atoms. The molecule has 1 aliphatic carbocycles. The summed E-state index contributed by atoms with van der Waals surface area (Å²) in [5.74, 6) is 0.109. The topological polar surface area (TPSA) is 41.6 Å². The average Bonchev–Trinajstić information content (AvgIpc) is 2.57. The van der Waals surface area contributed by atoms with Crippen LogP contribution in [0.5, 0.6) is 0 Å². The van der Waals surface area contributed by atoms with Gasteiger partial charge in [-0.25, -0.2) is 0 Å². The summed E-state index contributed by atoms with van der Waals surface area (Å²) < 4.78 is 4.97. The average molecular weight is 332 g/mol. The molecular weight excluding hydrogens is 300 g/mol. The Kier molecular flexibility index (Phi) is 6.81. The summed E-state index contributed by atoms with van der Waals surface area (Å²) in [6.45, 7) is 2.62. The molecule has 4 heteroatoms. The fourth-order valence-corrected chi connectivity index (χ4v) is 3.66. The first-order chi connectivity index (χ1) is 11.4. The maximum absolute atomic E-state index is 11.9. The van der Waals surface area contributed by atoms with E-state index in [1.54, 1.807) is 7.11 Å². The number of likely N-dealkylation sites (N-methyl/N-ethyl adjacent to an activating group) is 1. The Labute approximate surface area is 146 Å². The Morgan fingerprint density at radius 2 is 1.88 bits per heavy atom. The Morgan fingerprint density at radius 1 is 1.25 bits per heavy atom. The quantitative estimate of drug-likeness (QED) is 0.835. The minimum Gasteiger partial charge on any atom is -0.384 e. The van der Waals surface area contributed by atoms with Gasteiger partial charge in [-0.3, -0.25) is 4.79 Å². The third-order valence-corrected chi connectivity index (χ3v) is 5.42. The van der Waals surface area contributed by atoms with Gasteiger partial charge in [0, 0.05) is 25.1 Å². The van der Waals surface area contributed by atoms with Gasteiger partial charge in [0.05, 0.1) is 6.61 Å². The van der Waals surface area contributed by atoms with Crippen molar-refractivity contribution in [1.82, 2.24) is 10.2 Å². The summed E-state index contributed by atoms with van der Waals surface area (Å²) in [6, 6.07) is 9.19. The summed E-state index contributed by atoms with van der Waals surface area (Å²) in [5, 5.41) is 3.16. The molecule has 134 valence electrons. The van der Waals surface area contributed by atoms with Gasteiger partial charge >= 0.3 is 0 Å². The lowest BCUT2D eigenvalue weighted by molar-refractivity contribution is -0.123. The van der Waals surface area contributed by atoms with Gasteiger partial charge in [0.2, 0.25) is 5.91 Å². The number of carbonyl (C=O) groups is 1. The van der Waals surface area contributed by atoms with E-state index in [2.05, 4.69) is 55.5 Å². The highest BCUT2D eigenvalue weighted by molar-refractivity contribution is 5.76. The normalized spacial score (nSPS) is 24.1. The highest BCUT2D eigenvalue weighted by atomic mass is 16.5. The SMILES string of the molecule is COCCC(=O)NC1CCC(Cc2ccc(C)cc2)(N(C)C)CC1. The van der Waals surface area contributed by atoms with Crippen molar-refractivity contribution in [3.63, 3.8) is 0 Å². The minimum absolute atomic E-state index is 0.109. The molecule has 1 aromatic carbocycles. The molecule has 1 N–H and O–H groups in total. The van der Waals surface area contributed by atoms with Gasteiger partial charge in [0.25, 0.3) is 0 Å². The summed E-state index contributed by atoms with van der Waals surface area (Å²) in [4.78, 5) is 14.3. The van der Waals surface area contributed by atoms with Crippen LogP contribution >= 0.6 is 0 Å². The second-order valence-corrected chi connectivity index (χ2v) is 7.37. The summed E-state index contributed by atoms with van der Waals surface area (Å²) in [7, 11) is 6.00. The number of hydrogen-bond acceptors (Lipinski definition) is 3. The molecule has 1 fully saturated rings. The fourth-order valence-electron chi connectivity index (χ4n) is 3.66. The molecule has 0 bridgehead atoms. The molecule has 1 saturated carbocycles. The van der Waals surface area contributed by atoms with Gasteiger partial charge in [-0.05, 0) is 58.7 Å². The maximum atomic E-state index is 11.9. The molecule has 0 aromatic heterocycles. The van der Waals surface area contributed by atoms with E-state index in [-0.39, 0.29) is 11.4 Å². The zero-order chi connectivity index (χ0) is 17.6. The summed E-state index contributed by atoms with van der Waals surface area (Å²) >= 11 is 0. The smallest absolute Gasteiger partial charge is 0.222 e. The molecule has 0 atom stereocenters. The van der Waals surface area contributed by atoms with Crippen molar-refractivity contribution >= 4 is 5.91 Å². The Hall–Kier alpha value is -1.39. The van der Waals surface area contributed by atoms with Crippen molar-refractivity contribution < 1.29 is 9.53 Å². The van der Waals surface area contributed by atoms with E-state index in [9.17, 15) is 4.79 Å². The second kappa shape index (κ2) is 8.63. The molecule has 0 heterocycles. The van der Waals surface area contributed by atoms with Crippen LogP contribution in [-0.2, 0) is 16.0 Å². The van der Waals surface area contributed by atoms with Crippen LogP contribution < -0.4 is 5.32 Å². The molecule has 1 amide bonds. The number of ether oxygens (including phenoxy) is 1. The Morgan fingerprint density at radius 3 is 2.42 bits per heavy atom. The zero-order valence-electron chi connectivity index (χ0n) is 15.6. The lowest BCUT2D eigenvalue weighted by atomic mass is 9.74. The van der Waals surface area contributed by atoms with E-state index in [1.807, 2.05) is 0 Å². The van der Waals surface area contributed by atoms with Crippen LogP contribution in [-0.4, -0.2) is 50.2 Å². The number of benzene rings is 1. The molecule has 2 rings (SSSR count). The van der Waals surface area contributed by atoms with Gasteiger partial charge in [-0.2, -0.15) is 0 Å². The standard InChI is InChI=1S/C20H32N2O2/c1-16-5-7-17(8-6-16)15-20(22(2)3)12-9-18(10-13-20)21-19(23)11-14-24-4/h5-8,18H,9-15H2,1-4H3,(H,21,23). The van der Waals surface area contributed by atoms with Gasteiger partial charge in [-0.15, -0.1) is 0 Å². The molecule has 1 aliphatic rings. The van der Waals surface area contributed by atoms with E-state index in [4.69, 9.17) is 4.74 Å². The number of aryl methyl sites for hydroxylation is 1. The van der Waals surface area contributed by atoms with Crippen LogP contribution in [0.1, 0.15) is 43.2 Å². The number of methoxy groups -OCH3 is 1. The van der Waals surface area contributed by atoms with Gasteiger partial charge < -0.3 is 15.0 Å². The predicted octanol–water partition coefficient (Wildman–Crippen LogP) is 2.93. The molecule has 0 aliphatic heterocycles. The van der Waals surface area contributed by atoms with Crippen molar-refractivity contribution in [2.75, 3.05) is 27.8 Å². The van der Waals surface area contributed by atoms with Crippen LogP contribution in [0.4, 0.5) is 0 Å². The molecule has 4 nitrogen and oxygen atoms in total. The Bertz CT molecular complexity index is 517. The maximum Gasteiger partial charge on any atom is 0.222 e.